The van der Waals surface area contributed by atoms with Crippen LogP contribution in [0.2, 0.25) is 0 Å². The summed E-state index contributed by atoms with van der Waals surface area (Å²) >= 11 is 0. The molecule has 2 aliphatic heterocycles. The molecule has 0 atom stereocenters. The smallest absolute Gasteiger partial charge is 0.337 e. The Kier molecular flexibility index (Phi) is 5.00. The number of rotatable bonds is 4. The first kappa shape index (κ1) is 24.3. The number of hydrogen-bond acceptors (Lipinski definition) is 8. The zero-order valence-corrected chi connectivity index (χ0v) is 19.9. The first-order chi connectivity index (χ1) is 19.0. The van der Waals surface area contributed by atoms with E-state index in [1.165, 1.54) is 24.3 Å². The van der Waals surface area contributed by atoms with Gasteiger partial charge in [0.2, 0.25) is 0 Å². The van der Waals surface area contributed by atoms with Gasteiger partial charge in [0, 0.05) is 33.0 Å². The Morgan fingerprint density at radius 3 is 1.07 bits per heavy atom. The highest BCUT2D eigenvalue weighted by Gasteiger charge is 2.42. The van der Waals surface area contributed by atoms with Crippen LogP contribution in [-0.2, 0) is 0 Å². The number of carbonyl (C=O) groups excluding carboxylic acids is 4. The van der Waals surface area contributed by atoms with Crippen LogP contribution in [0.4, 0.5) is 11.4 Å². The molecule has 40 heavy (non-hydrogen) atoms. The quantitative estimate of drug-likeness (QED) is 0.281. The van der Waals surface area contributed by atoms with Crippen LogP contribution in [0.3, 0.4) is 0 Å². The molecule has 0 aromatic heterocycles. The summed E-state index contributed by atoms with van der Waals surface area (Å²) in [7, 11) is 0. The monoisotopic (exact) mass is 538 g/mol. The summed E-state index contributed by atoms with van der Waals surface area (Å²) in [6.07, 6.45) is 0. The van der Waals surface area contributed by atoms with Crippen LogP contribution in [0.5, 0.6) is 11.5 Å². The van der Waals surface area contributed by atoms with Crippen molar-refractivity contribution in [2.24, 2.45) is 0 Å². The van der Waals surface area contributed by atoms with Gasteiger partial charge in [-0.2, -0.15) is 0 Å². The molecule has 196 valence electrons. The molecule has 2 heterocycles. The molecular weight excluding hydrogens is 524 g/mol. The van der Waals surface area contributed by atoms with Crippen molar-refractivity contribution < 1.29 is 49.2 Å². The van der Waals surface area contributed by atoms with Crippen molar-refractivity contribution in [3.63, 3.8) is 0 Å². The molecule has 0 radical (unpaired) electrons. The Bertz CT molecular complexity index is 1720. The first-order valence-corrected chi connectivity index (χ1v) is 11.5. The third kappa shape index (κ3) is 3.19. The summed E-state index contributed by atoms with van der Waals surface area (Å²) < 4.78 is 0. The Hall–Kier alpha value is -6.04. The Balaban J connectivity index is 1.55. The van der Waals surface area contributed by atoms with Crippen molar-refractivity contribution >= 4 is 57.7 Å². The number of phenols is 2. The fraction of sp³-hybridized carbons (Fsp3) is 0. The van der Waals surface area contributed by atoms with Gasteiger partial charge in [0.25, 0.3) is 23.6 Å². The van der Waals surface area contributed by atoms with E-state index in [0.29, 0.717) is 9.80 Å². The Morgan fingerprint density at radius 1 is 0.500 bits per heavy atom. The fourth-order valence-electron chi connectivity index (χ4n) is 5.09. The maximum atomic E-state index is 13.6. The minimum Gasteiger partial charge on any atom is -0.508 e. The van der Waals surface area contributed by atoms with Gasteiger partial charge in [-0.25, -0.2) is 19.4 Å². The van der Waals surface area contributed by atoms with Crippen LogP contribution >= 0.6 is 0 Å². The zero-order chi connectivity index (χ0) is 28.6. The summed E-state index contributed by atoms with van der Waals surface area (Å²) in [4.78, 5) is 79.3. The van der Waals surface area contributed by atoms with Crippen molar-refractivity contribution in [2.75, 3.05) is 9.80 Å². The lowest BCUT2D eigenvalue weighted by molar-refractivity contribution is 0.0685. The van der Waals surface area contributed by atoms with Crippen LogP contribution in [0, 0.1) is 0 Å². The predicted octanol–water partition coefficient (Wildman–Crippen LogP) is 3.25. The second kappa shape index (κ2) is 8.23. The summed E-state index contributed by atoms with van der Waals surface area (Å²) in [5.41, 5.74) is -1.89. The molecule has 0 fully saturated rings. The Morgan fingerprint density at radius 2 is 0.800 bits per heavy atom. The van der Waals surface area contributed by atoms with Gasteiger partial charge in [-0.15, -0.1) is 0 Å². The van der Waals surface area contributed by atoms with Crippen molar-refractivity contribution in [1.29, 1.82) is 0 Å². The standard InChI is InChI=1S/C28H14N2O10/c31-11-1-7-19(17(9-11)27(37)38)29-23(33)13-3-5-15-22-16(6-4-14(21(13)22)24(29)34)26(36)30(25(15)35)20-8-2-12(32)10-18(20)28(39)40/h1-10,31-32H,(H,37,38)(H,39,40). The van der Waals surface area contributed by atoms with Gasteiger partial charge in [-0.05, 0) is 60.7 Å². The number of anilines is 2. The summed E-state index contributed by atoms with van der Waals surface area (Å²) in [6, 6.07) is 11.3. The van der Waals surface area contributed by atoms with E-state index in [0.717, 1.165) is 36.4 Å². The number of aromatic carboxylic acids is 2. The molecule has 4 aromatic rings. The molecule has 0 spiro atoms. The average molecular weight is 538 g/mol. The van der Waals surface area contributed by atoms with Gasteiger partial charge in [-0.1, -0.05) is 0 Å². The van der Waals surface area contributed by atoms with E-state index in [1.54, 1.807) is 0 Å². The molecular formula is C28H14N2O10. The predicted molar refractivity (Wildman–Crippen MR) is 136 cm³/mol. The maximum absolute atomic E-state index is 13.6. The molecule has 0 aliphatic carbocycles. The fourth-order valence-corrected chi connectivity index (χ4v) is 5.09. The number of hydrogen-bond donors (Lipinski definition) is 4. The zero-order valence-electron chi connectivity index (χ0n) is 19.9. The lowest BCUT2D eigenvalue weighted by Crippen LogP contribution is -2.44. The van der Waals surface area contributed by atoms with E-state index in [9.17, 15) is 49.2 Å². The molecule has 6 rings (SSSR count). The minimum atomic E-state index is -1.49. The van der Waals surface area contributed by atoms with Crippen LogP contribution in [0.15, 0.2) is 60.7 Å². The van der Waals surface area contributed by atoms with Crippen molar-refractivity contribution in [3.8, 4) is 11.5 Å². The summed E-state index contributed by atoms with van der Waals surface area (Å²) in [6.45, 7) is 0. The van der Waals surface area contributed by atoms with Gasteiger partial charge < -0.3 is 20.4 Å². The molecule has 0 unspecified atom stereocenters. The second-order valence-electron chi connectivity index (χ2n) is 8.98. The van der Waals surface area contributed by atoms with E-state index >= 15 is 0 Å². The average Bonchev–Trinajstić information content (AvgIpc) is 2.91. The highest BCUT2D eigenvalue weighted by Crippen LogP contribution is 2.41. The van der Waals surface area contributed by atoms with Crippen LogP contribution in [-0.4, -0.2) is 56.0 Å². The molecule has 12 heteroatoms. The van der Waals surface area contributed by atoms with Gasteiger partial charge >= 0.3 is 11.9 Å². The van der Waals surface area contributed by atoms with E-state index in [2.05, 4.69) is 0 Å². The maximum Gasteiger partial charge on any atom is 0.337 e. The Labute approximate surface area is 222 Å². The molecule has 0 bridgehead atoms. The number of carboxylic acid groups (broad SMARTS) is 2. The van der Waals surface area contributed by atoms with Crippen molar-refractivity contribution in [2.45, 2.75) is 0 Å². The van der Waals surface area contributed by atoms with Gasteiger partial charge in [0.15, 0.2) is 0 Å². The molecule has 4 aromatic carbocycles. The molecule has 2 aliphatic rings. The second-order valence-corrected chi connectivity index (χ2v) is 8.98. The van der Waals surface area contributed by atoms with Crippen LogP contribution < -0.4 is 9.80 Å². The number of carboxylic acids is 2. The van der Waals surface area contributed by atoms with E-state index < -0.39 is 58.2 Å². The largest absolute Gasteiger partial charge is 0.508 e. The minimum absolute atomic E-state index is 0.0161. The third-order valence-electron chi connectivity index (χ3n) is 6.80. The topological polar surface area (TPSA) is 190 Å². The molecule has 12 nitrogen and oxygen atoms in total. The lowest BCUT2D eigenvalue weighted by atomic mass is 9.85. The van der Waals surface area contributed by atoms with Crippen molar-refractivity contribution in [3.05, 3.63) is 94.0 Å². The summed E-state index contributed by atoms with van der Waals surface area (Å²) in [5.74, 6) is -7.42. The van der Waals surface area contributed by atoms with Gasteiger partial charge in [-0.3, -0.25) is 19.2 Å². The SMILES string of the molecule is O=C(O)c1cc(O)ccc1N1C(=O)c2ccc3c4c(ccc(c24)C1=O)C(=O)N(c1ccc(O)cc1C(=O)O)C3=O. The number of nitrogens with zero attached hydrogens (tertiary/aromatic N) is 2. The number of aromatic hydroxyl groups is 2. The van der Waals surface area contributed by atoms with Crippen LogP contribution in [0.25, 0.3) is 10.8 Å². The van der Waals surface area contributed by atoms with Gasteiger partial charge in [0.1, 0.15) is 11.5 Å². The number of imide groups is 2. The highest BCUT2D eigenvalue weighted by molar-refractivity contribution is 6.42. The molecule has 4 N–H and O–H groups in total. The molecule has 0 saturated heterocycles. The lowest BCUT2D eigenvalue weighted by Gasteiger charge is -2.32. The van der Waals surface area contributed by atoms with Crippen molar-refractivity contribution in [1.82, 2.24) is 0 Å². The van der Waals surface area contributed by atoms with Crippen LogP contribution in [0.1, 0.15) is 62.1 Å². The first-order valence-electron chi connectivity index (χ1n) is 11.5. The number of amides is 4. The summed E-state index contributed by atoms with van der Waals surface area (Å²) in [5, 5.41) is 38.7. The van der Waals surface area contributed by atoms with E-state index in [4.69, 9.17) is 0 Å². The third-order valence-corrected chi connectivity index (χ3v) is 6.80. The number of carbonyl (C=O) groups is 6. The molecule has 4 amide bonds. The number of phenolic OH excluding ortho intramolecular Hbond substituents is 2. The normalized spacial score (nSPS) is 14.2. The van der Waals surface area contributed by atoms with Gasteiger partial charge in [0.05, 0.1) is 22.5 Å². The molecule has 0 saturated carbocycles. The highest BCUT2D eigenvalue weighted by atomic mass is 16.4. The number of benzene rings is 4. The van der Waals surface area contributed by atoms with E-state index in [1.807, 2.05) is 0 Å². The van der Waals surface area contributed by atoms with E-state index in [-0.39, 0.29) is 44.4 Å².